The molecule has 1 fully saturated rings. The summed E-state index contributed by atoms with van der Waals surface area (Å²) in [6.45, 7) is 6.28. The molecule has 5 rings (SSSR count). The first-order chi connectivity index (χ1) is 18.0. The Morgan fingerprint density at radius 3 is 2.47 bits per heavy atom. The third kappa shape index (κ3) is 5.21. The van der Waals surface area contributed by atoms with Crippen molar-refractivity contribution in [3.63, 3.8) is 0 Å². The van der Waals surface area contributed by atoms with Gasteiger partial charge in [-0.15, -0.1) is 0 Å². The molecule has 0 saturated carbocycles. The maximum absolute atomic E-state index is 13.1. The Balaban J connectivity index is 1.37. The van der Waals surface area contributed by atoms with Crippen LogP contribution in [0.25, 0.3) is 28.0 Å². The molecule has 4 aromatic heterocycles. The molecule has 198 valence electrons. The van der Waals surface area contributed by atoms with Crippen molar-refractivity contribution in [2.24, 2.45) is 7.05 Å². The average molecular weight is 536 g/mol. The second-order valence-electron chi connectivity index (χ2n) is 10.2. The van der Waals surface area contributed by atoms with Crippen LogP contribution >= 0.6 is 0 Å². The molecule has 0 spiro atoms. The number of thiol groups is 1. The molecule has 0 aliphatic carbocycles. The fraction of sp³-hybridized carbons (Fsp3) is 0.360. The Morgan fingerprint density at radius 2 is 1.87 bits per heavy atom. The average Bonchev–Trinajstić information content (AvgIpc) is 3.48. The molecule has 1 saturated heterocycles. The van der Waals surface area contributed by atoms with Gasteiger partial charge < -0.3 is 9.64 Å². The monoisotopic (exact) mass is 535 g/mol. The predicted octanol–water partition coefficient (Wildman–Crippen LogP) is 2.34. The number of nitrogens with zero attached hydrogens (tertiary/aromatic N) is 8. The summed E-state index contributed by atoms with van der Waals surface area (Å²) >= 11 is 0. The van der Waals surface area contributed by atoms with Crippen LogP contribution in [-0.4, -0.2) is 69.9 Å². The molecule has 1 amide bonds. The zero-order chi connectivity index (χ0) is 27.1. The van der Waals surface area contributed by atoms with Crippen LogP contribution in [0.15, 0.2) is 43.1 Å². The molecule has 1 aliphatic heterocycles. The molecule has 0 aromatic carbocycles. The molecule has 0 radical (unpaired) electrons. The highest BCUT2D eigenvalue weighted by Crippen LogP contribution is 2.29. The first-order valence-electron chi connectivity index (χ1n) is 12.1. The van der Waals surface area contributed by atoms with Crippen molar-refractivity contribution >= 4 is 27.5 Å². The third-order valence-corrected chi connectivity index (χ3v) is 8.55. The summed E-state index contributed by atoms with van der Waals surface area (Å²) in [7, 11) is -1.05. The lowest BCUT2D eigenvalue weighted by molar-refractivity contribution is 0.0571. The minimum absolute atomic E-state index is 0.326. The Kier molecular flexibility index (Phi) is 6.36. The van der Waals surface area contributed by atoms with Crippen LogP contribution in [0.3, 0.4) is 0 Å². The van der Waals surface area contributed by atoms with E-state index in [0.717, 1.165) is 16.9 Å². The summed E-state index contributed by atoms with van der Waals surface area (Å²) in [5.74, 6) is 1.38. The number of nitriles is 1. The van der Waals surface area contributed by atoms with Gasteiger partial charge in [-0.25, -0.2) is 19.3 Å². The molecule has 13 heteroatoms. The van der Waals surface area contributed by atoms with Gasteiger partial charge in [0.1, 0.15) is 28.6 Å². The number of carbonyl (C=O) groups is 1. The predicted molar refractivity (Wildman–Crippen MR) is 144 cm³/mol. The normalized spacial score (nSPS) is 16.1. The standard InChI is InChI=1S/C25H29N9O3S/c1-25(2,3)37-24(35)31-38(36)9-7-33(8-10-38)21-6-5-17(12-27-21)22-23-18(11-26)13-29-34(23)16-20(30-22)19-14-28-32(4)15-19/h5-6,12-16,38H,7-10H2,1-4H3,(H,31,35,36). The fourth-order valence-electron chi connectivity index (χ4n) is 4.30. The van der Waals surface area contributed by atoms with Crippen molar-refractivity contribution in [2.45, 2.75) is 26.4 Å². The Bertz CT molecular complexity index is 1580. The van der Waals surface area contributed by atoms with E-state index in [0.29, 0.717) is 47.1 Å². The van der Waals surface area contributed by atoms with Gasteiger partial charge in [-0.05, 0) is 43.0 Å². The number of carbonyl (C=O) groups excluding carboxylic acids is 1. The maximum atomic E-state index is 13.1. The molecule has 1 aliphatic rings. The molecule has 38 heavy (non-hydrogen) atoms. The first-order valence-corrected chi connectivity index (χ1v) is 14.2. The van der Waals surface area contributed by atoms with Crippen molar-refractivity contribution in [2.75, 3.05) is 29.5 Å². The Labute approximate surface area is 220 Å². The van der Waals surface area contributed by atoms with Gasteiger partial charge in [0.05, 0.1) is 30.0 Å². The van der Waals surface area contributed by atoms with Gasteiger partial charge in [0.15, 0.2) is 0 Å². The van der Waals surface area contributed by atoms with Crippen molar-refractivity contribution in [3.05, 3.63) is 48.7 Å². The summed E-state index contributed by atoms with van der Waals surface area (Å²) in [6.07, 6.45) is 7.94. The van der Waals surface area contributed by atoms with Crippen LogP contribution in [0.2, 0.25) is 0 Å². The molecule has 0 bridgehead atoms. The summed E-state index contributed by atoms with van der Waals surface area (Å²) in [5, 5.41) is 18.2. The number of pyridine rings is 1. The highest BCUT2D eigenvalue weighted by molar-refractivity contribution is 8.01. The van der Waals surface area contributed by atoms with Gasteiger partial charge in [0.2, 0.25) is 0 Å². The van der Waals surface area contributed by atoms with Crippen molar-refractivity contribution in [1.82, 2.24) is 34.1 Å². The summed E-state index contributed by atoms with van der Waals surface area (Å²) in [4.78, 5) is 23.6. The van der Waals surface area contributed by atoms with E-state index in [1.165, 1.54) is 6.20 Å². The summed E-state index contributed by atoms with van der Waals surface area (Å²) in [5.41, 5.74) is 3.17. The molecule has 4 aromatic rings. The van der Waals surface area contributed by atoms with Crippen LogP contribution in [0.4, 0.5) is 10.6 Å². The molecule has 0 atom stereocenters. The lowest BCUT2D eigenvalue weighted by atomic mass is 10.1. The van der Waals surface area contributed by atoms with E-state index >= 15 is 0 Å². The van der Waals surface area contributed by atoms with E-state index in [4.69, 9.17) is 9.72 Å². The van der Waals surface area contributed by atoms with Gasteiger partial charge in [-0.2, -0.15) is 15.5 Å². The smallest absolute Gasteiger partial charge is 0.418 e. The van der Waals surface area contributed by atoms with Gasteiger partial charge in [0.25, 0.3) is 0 Å². The number of nitrogens with one attached hydrogen (secondary N) is 1. The number of aryl methyl sites for hydroxylation is 1. The SMILES string of the molecule is Cn1cc(-c2cn3ncc(C#N)c3c(-c3ccc(N4CC[SH](=O)(NC(=O)OC(C)(C)C)CC4)nc3)n2)cn1. The molecule has 1 N–H and O–H groups in total. The molecule has 12 nitrogen and oxygen atoms in total. The highest BCUT2D eigenvalue weighted by Gasteiger charge is 2.28. The zero-order valence-corrected chi connectivity index (χ0v) is 22.5. The number of fused-ring (bicyclic) bond motifs is 1. The minimum Gasteiger partial charge on any atom is -0.443 e. The number of hydrogen-bond acceptors (Lipinski definition) is 9. The number of amides is 1. The van der Waals surface area contributed by atoms with Gasteiger partial charge in [-0.3, -0.25) is 13.6 Å². The maximum Gasteiger partial charge on any atom is 0.418 e. The van der Waals surface area contributed by atoms with E-state index < -0.39 is 21.8 Å². The van der Waals surface area contributed by atoms with Crippen LogP contribution in [0, 0.1) is 11.3 Å². The Hall–Kier alpha value is -4.31. The van der Waals surface area contributed by atoms with Crippen LogP contribution in [0.5, 0.6) is 0 Å². The van der Waals surface area contributed by atoms with E-state index in [-0.39, 0.29) is 0 Å². The molecule has 0 unspecified atom stereocenters. The summed E-state index contributed by atoms with van der Waals surface area (Å²) in [6, 6.07) is 5.97. The van der Waals surface area contributed by atoms with Crippen LogP contribution < -0.4 is 9.62 Å². The molecule has 5 heterocycles. The summed E-state index contributed by atoms with van der Waals surface area (Å²) < 4.78 is 24.4. The van der Waals surface area contributed by atoms with Crippen molar-refractivity contribution < 1.29 is 13.7 Å². The lowest BCUT2D eigenvalue weighted by Gasteiger charge is -2.36. The van der Waals surface area contributed by atoms with E-state index in [1.807, 2.05) is 30.3 Å². The number of rotatable bonds is 4. The second kappa shape index (κ2) is 9.53. The van der Waals surface area contributed by atoms with Gasteiger partial charge in [0, 0.05) is 55.2 Å². The van der Waals surface area contributed by atoms with Gasteiger partial charge >= 0.3 is 6.09 Å². The first kappa shape index (κ1) is 25.3. The van der Waals surface area contributed by atoms with E-state index in [2.05, 4.69) is 26.0 Å². The lowest BCUT2D eigenvalue weighted by Crippen LogP contribution is -2.52. The molecular weight excluding hydrogens is 506 g/mol. The number of hydrogen-bond donors (Lipinski definition) is 2. The van der Waals surface area contributed by atoms with Crippen LogP contribution in [0.1, 0.15) is 26.3 Å². The highest BCUT2D eigenvalue weighted by atomic mass is 32.3. The molecular formula is C25H29N9O3S. The van der Waals surface area contributed by atoms with E-state index in [1.54, 1.807) is 48.6 Å². The number of anilines is 1. The number of ether oxygens (including phenoxy) is 1. The zero-order valence-electron chi connectivity index (χ0n) is 21.6. The minimum atomic E-state index is -2.88. The fourth-order valence-corrected chi connectivity index (χ4v) is 6.25. The van der Waals surface area contributed by atoms with Gasteiger partial charge in [-0.1, -0.05) is 0 Å². The second-order valence-corrected chi connectivity index (χ2v) is 13.1. The quantitative estimate of drug-likeness (QED) is 0.376. The Morgan fingerprint density at radius 1 is 1.11 bits per heavy atom. The van der Waals surface area contributed by atoms with E-state index in [9.17, 15) is 14.3 Å². The number of aromatic nitrogens is 6. The van der Waals surface area contributed by atoms with Crippen molar-refractivity contribution in [3.8, 4) is 28.6 Å². The topological polar surface area (TPSA) is 143 Å². The van der Waals surface area contributed by atoms with Crippen LogP contribution in [-0.2, 0) is 21.9 Å². The van der Waals surface area contributed by atoms with Crippen molar-refractivity contribution in [1.29, 1.82) is 5.26 Å². The third-order valence-electron chi connectivity index (χ3n) is 6.12. The largest absolute Gasteiger partial charge is 0.443 e.